The molecule has 1 heterocycles. The molecular weight excluding hydrogens is 324 g/mol. The Labute approximate surface area is 142 Å². The van der Waals surface area contributed by atoms with Gasteiger partial charge in [0, 0.05) is 19.6 Å². The van der Waals surface area contributed by atoms with Gasteiger partial charge in [0.15, 0.2) is 9.84 Å². The number of piperazine rings is 1. The maximum atomic E-state index is 12.5. The van der Waals surface area contributed by atoms with Crippen LogP contribution in [-0.4, -0.2) is 44.6 Å². The first-order chi connectivity index (χ1) is 11.6. The molecule has 1 atom stereocenters. The SMILES string of the molecule is O=C1NCCN(CCS(=O)(=O)c2ccccc2)[C@@H]1c1ccccc1. The predicted molar refractivity (Wildman–Crippen MR) is 92.3 cm³/mol. The van der Waals surface area contributed by atoms with Crippen LogP contribution in [-0.2, 0) is 14.6 Å². The molecule has 0 radical (unpaired) electrons. The first-order valence-corrected chi connectivity index (χ1v) is 9.58. The number of sulfone groups is 1. The second-order valence-electron chi connectivity index (χ2n) is 5.77. The third kappa shape index (κ3) is 3.66. The lowest BCUT2D eigenvalue weighted by molar-refractivity contribution is -0.129. The van der Waals surface area contributed by atoms with Crippen LogP contribution in [0, 0.1) is 0 Å². The molecule has 1 amide bonds. The number of hydrogen-bond acceptors (Lipinski definition) is 4. The molecule has 0 spiro atoms. The first kappa shape index (κ1) is 16.7. The van der Waals surface area contributed by atoms with Gasteiger partial charge in [0.1, 0.15) is 6.04 Å². The molecule has 126 valence electrons. The average molecular weight is 344 g/mol. The molecule has 0 aliphatic carbocycles. The summed E-state index contributed by atoms with van der Waals surface area (Å²) in [5.41, 5.74) is 0.881. The van der Waals surface area contributed by atoms with Gasteiger partial charge in [0.2, 0.25) is 5.91 Å². The normalized spacial score (nSPS) is 19.0. The van der Waals surface area contributed by atoms with Gasteiger partial charge in [-0.25, -0.2) is 8.42 Å². The lowest BCUT2D eigenvalue weighted by Crippen LogP contribution is -2.51. The second-order valence-corrected chi connectivity index (χ2v) is 7.88. The van der Waals surface area contributed by atoms with Crippen LogP contribution in [0.5, 0.6) is 0 Å². The van der Waals surface area contributed by atoms with Crippen molar-refractivity contribution in [1.29, 1.82) is 0 Å². The molecule has 24 heavy (non-hydrogen) atoms. The maximum absolute atomic E-state index is 12.5. The Kier molecular flexibility index (Phi) is 4.97. The molecule has 1 N–H and O–H groups in total. The molecule has 1 saturated heterocycles. The monoisotopic (exact) mass is 344 g/mol. The zero-order valence-electron chi connectivity index (χ0n) is 13.3. The smallest absolute Gasteiger partial charge is 0.242 e. The highest BCUT2D eigenvalue weighted by Crippen LogP contribution is 2.23. The second kappa shape index (κ2) is 7.15. The standard InChI is InChI=1S/C18H20N2O3S/c21-18-17(15-7-3-1-4-8-15)20(12-11-19-18)13-14-24(22,23)16-9-5-2-6-10-16/h1-10,17H,11-14H2,(H,19,21)/t17-/m1/s1. The molecule has 5 nitrogen and oxygen atoms in total. The molecule has 0 bridgehead atoms. The number of rotatable bonds is 5. The van der Waals surface area contributed by atoms with Gasteiger partial charge < -0.3 is 5.32 Å². The lowest BCUT2D eigenvalue weighted by atomic mass is 10.0. The maximum Gasteiger partial charge on any atom is 0.242 e. The minimum absolute atomic E-state index is 0.00632. The highest BCUT2D eigenvalue weighted by atomic mass is 32.2. The molecule has 6 heteroatoms. The quantitative estimate of drug-likeness (QED) is 0.895. The van der Waals surface area contributed by atoms with Crippen LogP contribution in [0.1, 0.15) is 11.6 Å². The summed E-state index contributed by atoms with van der Waals surface area (Å²) in [7, 11) is -3.36. The Bertz CT molecular complexity index is 792. The van der Waals surface area contributed by atoms with Crippen molar-refractivity contribution in [2.45, 2.75) is 10.9 Å². The average Bonchev–Trinajstić information content (AvgIpc) is 2.61. The number of benzene rings is 2. The van der Waals surface area contributed by atoms with Gasteiger partial charge in [-0.3, -0.25) is 9.69 Å². The molecule has 0 saturated carbocycles. The van der Waals surface area contributed by atoms with Gasteiger partial charge in [0.25, 0.3) is 0 Å². The third-order valence-corrected chi connectivity index (χ3v) is 5.89. The summed E-state index contributed by atoms with van der Waals surface area (Å²) >= 11 is 0. The van der Waals surface area contributed by atoms with Crippen LogP contribution >= 0.6 is 0 Å². The van der Waals surface area contributed by atoms with Crippen molar-refractivity contribution in [1.82, 2.24) is 10.2 Å². The van der Waals surface area contributed by atoms with E-state index in [9.17, 15) is 13.2 Å². The molecule has 0 aromatic heterocycles. The summed E-state index contributed by atoms with van der Waals surface area (Å²) in [6.07, 6.45) is 0. The van der Waals surface area contributed by atoms with Gasteiger partial charge in [0.05, 0.1) is 10.6 Å². The summed E-state index contributed by atoms with van der Waals surface area (Å²) in [6, 6.07) is 17.5. The summed E-state index contributed by atoms with van der Waals surface area (Å²) < 4.78 is 24.9. The number of hydrogen-bond donors (Lipinski definition) is 1. The van der Waals surface area contributed by atoms with E-state index in [1.54, 1.807) is 30.3 Å². The highest BCUT2D eigenvalue weighted by Gasteiger charge is 2.31. The Hall–Kier alpha value is -2.18. The fourth-order valence-corrected chi connectivity index (χ4v) is 4.22. The van der Waals surface area contributed by atoms with Crippen molar-refractivity contribution in [3.05, 3.63) is 66.2 Å². The van der Waals surface area contributed by atoms with Crippen molar-refractivity contribution in [3.63, 3.8) is 0 Å². The molecule has 1 fully saturated rings. The van der Waals surface area contributed by atoms with E-state index in [2.05, 4.69) is 5.32 Å². The summed E-state index contributed by atoms with van der Waals surface area (Å²) in [6.45, 7) is 1.49. The van der Waals surface area contributed by atoms with Crippen molar-refractivity contribution >= 4 is 15.7 Å². The van der Waals surface area contributed by atoms with Gasteiger partial charge in [-0.1, -0.05) is 48.5 Å². The van der Waals surface area contributed by atoms with Crippen LogP contribution in [0.25, 0.3) is 0 Å². The fraction of sp³-hybridized carbons (Fsp3) is 0.278. The van der Waals surface area contributed by atoms with Gasteiger partial charge in [-0.15, -0.1) is 0 Å². The molecule has 2 aromatic rings. The van der Waals surface area contributed by atoms with Crippen LogP contribution in [0.15, 0.2) is 65.6 Å². The molecule has 3 rings (SSSR count). The topological polar surface area (TPSA) is 66.5 Å². The Balaban J connectivity index is 1.76. The van der Waals surface area contributed by atoms with Crippen LogP contribution in [0.4, 0.5) is 0 Å². The van der Waals surface area contributed by atoms with Crippen molar-refractivity contribution in [2.75, 3.05) is 25.4 Å². The van der Waals surface area contributed by atoms with Gasteiger partial charge in [-0.2, -0.15) is 0 Å². The predicted octanol–water partition coefficient (Wildman–Crippen LogP) is 1.63. The Morgan fingerprint density at radius 1 is 1.00 bits per heavy atom. The molecule has 1 aliphatic rings. The number of nitrogens with zero attached hydrogens (tertiary/aromatic N) is 1. The van der Waals surface area contributed by atoms with Crippen molar-refractivity contribution < 1.29 is 13.2 Å². The Morgan fingerprint density at radius 3 is 2.29 bits per heavy atom. The van der Waals surface area contributed by atoms with E-state index in [4.69, 9.17) is 0 Å². The Morgan fingerprint density at radius 2 is 1.62 bits per heavy atom. The van der Waals surface area contributed by atoms with Crippen molar-refractivity contribution in [2.24, 2.45) is 0 Å². The summed E-state index contributed by atoms with van der Waals surface area (Å²) in [5, 5.41) is 2.86. The molecule has 2 aromatic carbocycles. The highest BCUT2D eigenvalue weighted by molar-refractivity contribution is 7.91. The molecule has 1 aliphatic heterocycles. The van der Waals surface area contributed by atoms with E-state index < -0.39 is 15.9 Å². The van der Waals surface area contributed by atoms with E-state index in [0.717, 1.165) is 5.56 Å². The van der Waals surface area contributed by atoms with Crippen LogP contribution in [0.3, 0.4) is 0 Å². The zero-order valence-corrected chi connectivity index (χ0v) is 14.1. The summed E-state index contributed by atoms with van der Waals surface area (Å²) in [5.74, 6) is -0.0854. The minimum Gasteiger partial charge on any atom is -0.353 e. The van der Waals surface area contributed by atoms with E-state index >= 15 is 0 Å². The number of carbonyl (C=O) groups excluding carboxylic acids is 1. The van der Waals surface area contributed by atoms with E-state index in [0.29, 0.717) is 24.5 Å². The zero-order chi connectivity index (χ0) is 17.0. The molecular formula is C18H20N2O3S. The first-order valence-electron chi connectivity index (χ1n) is 7.92. The lowest BCUT2D eigenvalue weighted by Gasteiger charge is -2.35. The largest absolute Gasteiger partial charge is 0.353 e. The van der Waals surface area contributed by atoms with E-state index in [1.165, 1.54) is 0 Å². The minimum atomic E-state index is -3.36. The van der Waals surface area contributed by atoms with Crippen molar-refractivity contribution in [3.8, 4) is 0 Å². The molecule has 0 unspecified atom stereocenters. The van der Waals surface area contributed by atoms with Crippen LogP contribution < -0.4 is 5.32 Å². The number of nitrogens with one attached hydrogen (secondary N) is 1. The number of carbonyl (C=O) groups is 1. The van der Waals surface area contributed by atoms with Gasteiger partial charge >= 0.3 is 0 Å². The number of amides is 1. The van der Waals surface area contributed by atoms with E-state index in [-0.39, 0.29) is 11.7 Å². The van der Waals surface area contributed by atoms with Gasteiger partial charge in [-0.05, 0) is 17.7 Å². The summed E-state index contributed by atoms with van der Waals surface area (Å²) in [4.78, 5) is 14.6. The van der Waals surface area contributed by atoms with E-state index in [1.807, 2.05) is 35.2 Å². The van der Waals surface area contributed by atoms with Crippen LogP contribution in [0.2, 0.25) is 0 Å². The fourth-order valence-electron chi connectivity index (χ4n) is 2.94. The third-order valence-electron chi connectivity index (χ3n) is 4.18.